The number of carbonyl (C=O) groups excluding carboxylic acids is 2. The summed E-state index contributed by atoms with van der Waals surface area (Å²) in [6, 6.07) is 0. The number of aromatic nitrogens is 2. The first kappa shape index (κ1) is 17.2. The second-order valence-corrected chi connectivity index (χ2v) is 5.80. The van der Waals surface area contributed by atoms with Crippen LogP contribution < -0.4 is 11.5 Å². The minimum absolute atomic E-state index is 0.250. The summed E-state index contributed by atoms with van der Waals surface area (Å²) in [4.78, 5) is 26.6. The van der Waals surface area contributed by atoms with Crippen molar-refractivity contribution in [2.75, 3.05) is 11.5 Å². The number of aryl methyl sites for hydroxylation is 3. The Morgan fingerprint density at radius 1 is 1.21 bits per heavy atom. The molecule has 19 heavy (non-hydrogen) atoms. The Bertz CT molecular complexity index is 514. The molecule has 0 radical (unpaired) electrons. The minimum Gasteiger partial charge on any atom is -0.375 e. The molecule has 0 fully saturated rings. The van der Waals surface area contributed by atoms with Crippen molar-refractivity contribution in [3.8, 4) is 0 Å². The fourth-order valence-corrected chi connectivity index (χ4v) is 2.47. The van der Waals surface area contributed by atoms with Gasteiger partial charge >= 0.3 is 6.15 Å². The molecule has 0 spiro atoms. The lowest BCUT2D eigenvalue weighted by Gasteiger charge is -1.85. The van der Waals surface area contributed by atoms with Crippen LogP contribution in [0.3, 0.4) is 0 Å². The molecule has 0 aliphatic heterocycles. The van der Waals surface area contributed by atoms with Crippen molar-refractivity contribution in [2.24, 2.45) is 0 Å². The van der Waals surface area contributed by atoms with E-state index in [1.807, 2.05) is 13.8 Å². The van der Waals surface area contributed by atoms with Gasteiger partial charge in [-0.1, -0.05) is 6.92 Å². The summed E-state index contributed by atoms with van der Waals surface area (Å²) >= 11 is 3.07. The molecule has 0 atom stereocenters. The largest absolute Gasteiger partial charge is 0.375 e. The Hall–Kier alpha value is -1.76. The number of nitrogen functional groups attached to an aromatic ring is 2. The van der Waals surface area contributed by atoms with Crippen LogP contribution in [-0.2, 0) is 16.0 Å². The van der Waals surface area contributed by atoms with E-state index in [2.05, 4.69) is 16.9 Å². The molecular weight excluding hydrogens is 284 g/mol. The van der Waals surface area contributed by atoms with Crippen LogP contribution in [0.5, 0.6) is 0 Å². The minimum atomic E-state index is 0.250. The lowest BCUT2D eigenvalue weighted by molar-refractivity contribution is -0.191. The number of hydrogen-bond acceptors (Lipinski definition) is 8. The molecular formula is C11H16N4O2S2. The summed E-state index contributed by atoms with van der Waals surface area (Å²) in [5, 5.41) is 1.34. The molecule has 2 aromatic heterocycles. The molecule has 0 aliphatic rings. The number of hydrogen-bond donors (Lipinski definition) is 2. The Morgan fingerprint density at radius 3 is 1.95 bits per heavy atom. The second-order valence-electron chi connectivity index (χ2n) is 3.30. The number of nitrogens with two attached hydrogens (primary N) is 2. The first-order chi connectivity index (χ1) is 8.94. The lowest BCUT2D eigenvalue weighted by atomic mass is 10.3. The normalized spacial score (nSPS) is 8.58. The highest BCUT2D eigenvalue weighted by atomic mass is 32.1. The van der Waals surface area contributed by atoms with Crippen LogP contribution in [0.15, 0.2) is 6.20 Å². The smallest absolute Gasteiger partial charge is 0.373 e. The monoisotopic (exact) mass is 300 g/mol. The van der Waals surface area contributed by atoms with Crippen LogP contribution in [0.4, 0.5) is 10.3 Å². The molecule has 2 aromatic rings. The predicted molar refractivity (Wildman–Crippen MR) is 76.9 cm³/mol. The van der Waals surface area contributed by atoms with Crippen LogP contribution in [0, 0.1) is 13.8 Å². The summed E-state index contributed by atoms with van der Waals surface area (Å²) in [5.41, 5.74) is 11.9. The SMILES string of the molecule is CCc1nc(N)sc1C.Cc1cnc(N)s1.O=C=O. The van der Waals surface area contributed by atoms with Crippen molar-refractivity contribution >= 4 is 39.1 Å². The van der Waals surface area contributed by atoms with E-state index in [0.29, 0.717) is 10.3 Å². The summed E-state index contributed by atoms with van der Waals surface area (Å²) in [6.07, 6.45) is 3.00. The van der Waals surface area contributed by atoms with Crippen LogP contribution in [0.25, 0.3) is 0 Å². The third-order valence-electron chi connectivity index (χ3n) is 1.88. The number of rotatable bonds is 1. The maximum absolute atomic E-state index is 8.12. The molecule has 0 aliphatic carbocycles. The van der Waals surface area contributed by atoms with Crippen LogP contribution in [0.1, 0.15) is 22.4 Å². The Labute approximate surface area is 119 Å². The average Bonchev–Trinajstić information content (AvgIpc) is 2.86. The van der Waals surface area contributed by atoms with Gasteiger partial charge < -0.3 is 11.5 Å². The van der Waals surface area contributed by atoms with Crippen molar-refractivity contribution in [1.29, 1.82) is 0 Å². The van der Waals surface area contributed by atoms with Gasteiger partial charge in [-0.25, -0.2) is 9.97 Å². The van der Waals surface area contributed by atoms with Gasteiger partial charge in [0.1, 0.15) is 0 Å². The standard InChI is InChI=1S/C6H10N2S.C4H6N2S.CO2/c1-3-5-4(2)9-6(7)8-5;1-3-2-6-4(5)7-3;2-1-3/h3H2,1-2H3,(H2,7,8);2H,1H3,(H2,5,6);. The molecule has 2 rings (SSSR count). The summed E-state index contributed by atoms with van der Waals surface area (Å²) < 4.78 is 0. The molecule has 0 unspecified atom stereocenters. The predicted octanol–water partition coefficient (Wildman–Crippen LogP) is 2.05. The molecule has 0 saturated heterocycles. The van der Waals surface area contributed by atoms with E-state index in [4.69, 9.17) is 21.1 Å². The number of anilines is 2. The van der Waals surface area contributed by atoms with E-state index < -0.39 is 0 Å². The topological polar surface area (TPSA) is 112 Å². The van der Waals surface area contributed by atoms with E-state index in [9.17, 15) is 0 Å². The highest BCUT2D eigenvalue weighted by Gasteiger charge is 2.00. The van der Waals surface area contributed by atoms with Gasteiger partial charge in [0.15, 0.2) is 10.3 Å². The highest BCUT2D eigenvalue weighted by molar-refractivity contribution is 7.15. The second kappa shape index (κ2) is 9.21. The van der Waals surface area contributed by atoms with E-state index in [0.717, 1.165) is 17.0 Å². The molecule has 8 heteroatoms. The van der Waals surface area contributed by atoms with Gasteiger partial charge in [-0.3, -0.25) is 0 Å². The fourth-order valence-electron chi connectivity index (χ4n) is 1.15. The quantitative estimate of drug-likeness (QED) is 0.833. The molecule has 104 valence electrons. The van der Waals surface area contributed by atoms with Crippen LogP contribution in [-0.4, -0.2) is 16.1 Å². The van der Waals surface area contributed by atoms with Crippen LogP contribution in [0.2, 0.25) is 0 Å². The molecule has 0 saturated carbocycles. The average molecular weight is 300 g/mol. The molecule has 0 bridgehead atoms. The van der Waals surface area contributed by atoms with Crippen molar-refractivity contribution in [2.45, 2.75) is 27.2 Å². The summed E-state index contributed by atoms with van der Waals surface area (Å²) in [6.45, 7) is 6.11. The van der Waals surface area contributed by atoms with Gasteiger partial charge in [-0.15, -0.1) is 22.7 Å². The van der Waals surface area contributed by atoms with Crippen molar-refractivity contribution < 1.29 is 9.59 Å². The Balaban J connectivity index is 0.000000289. The van der Waals surface area contributed by atoms with Gasteiger partial charge in [-0.05, 0) is 20.3 Å². The van der Waals surface area contributed by atoms with Crippen LogP contribution >= 0.6 is 22.7 Å². The van der Waals surface area contributed by atoms with Crippen molar-refractivity contribution in [1.82, 2.24) is 9.97 Å². The van der Waals surface area contributed by atoms with Crippen molar-refractivity contribution in [3.05, 3.63) is 21.6 Å². The molecule has 6 nitrogen and oxygen atoms in total. The zero-order valence-corrected chi connectivity index (χ0v) is 12.6. The summed E-state index contributed by atoms with van der Waals surface area (Å²) in [7, 11) is 0. The Kier molecular flexibility index (Phi) is 8.35. The third-order valence-corrected chi connectivity index (χ3v) is 3.47. The van der Waals surface area contributed by atoms with E-state index in [-0.39, 0.29) is 6.15 Å². The fraction of sp³-hybridized carbons (Fsp3) is 0.364. The Morgan fingerprint density at radius 2 is 1.79 bits per heavy atom. The molecule has 2 heterocycles. The molecule has 0 aromatic carbocycles. The summed E-state index contributed by atoms with van der Waals surface area (Å²) in [5.74, 6) is 0. The van der Waals surface area contributed by atoms with E-state index >= 15 is 0 Å². The van der Waals surface area contributed by atoms with Crippen molar-refractivity contribution in [3.63, 3.8) is 0 Å². The first-order valence-corrected chi connectivity index (χ1v) is 6.96. The zero-order valence-electron chi connectivity index (χ0n) is 11.0. The highest BCUT2D eigenvalue weighted by Crippen LogP contribution is 2.18. The molecule has 0 amide bonds. The number of nitrogens with zero attached hydrogens (tertiary/aromatic N) is 2. The van der Waals surface area contributed by atoms with Gasteiger partial charge in [0.25, 0.3) is 0 Å². The first-order valence-electron chi connectivity index (χ1n) is 5.33. The maximum Gasteiger partial charge on any atom is 0.373 e. The van der Waals surface area contributed by atoms with Gasteiger partial charge in [0, 0.05) is 16.0 Å². The van der Waals surface area contributed by atoms with E-state index in [1.165, 1.54) is 16.2 Å². The number of thiazole rings is 2. The van der Waals surface area contributed by atoms with Gasteiger partial charge in [0.2, 0.25) is 0 Å². The lowest BCUT2D eigenvalue weighted by Crippen LogP contribution is -1.84. The third kappa shape index (κ3) is 7.30. The van der Waals surface area contributed by atoms with E-state index in [1.54, 1.807) is 17.5 Å². The molecule has 4 N–H and O–H groups in total. The zero-order chi connectivity index (χ0) is 14.8. The van der Waals surface area contributed by atoms with Gasteiger partial charge in [-0.2, -0.15) is 9.59 Å². The maximum atomic E-state index is 8.12. The van der Waals surface area contributed by atoms with Gasteiger partial charge in [0.05, 0.1) is 5.69 Å².